The molecule has 0 amide bonds. The van der Waals surface area contributed by atoms with Gasteiger partial charge < -0.3 is 23.8 Å². The molecule has 0 saturated carbocycles. The molecular weight excluding hydrogens is 558 g/mol. The average molecular weight is 627 g/mol. The Bertz CT molecular complexity index is 747. The number of carboxylic acids is 1. The molecule has 0 rings (SSSR count). The van der Waals surface area contributed by atoms with Crippen molar-refractivity contribution in [3.63, 3.8) is 0 Å². The van der Waals surface area contributed by atoms with Crippen molar-refractivity contribution in [3.05, 3.63) is 12.2 Å². The van der Waals surface area contributed by atoms with Gasteiger partial charge in [-0.2, -0.15) is 0 Å². The molecule has 0 bridgehead atoms. The van der Waals surface area contributed by atoms with Crippen LogP contribution in [0.15, 0.2) is 12.2 Å². The van der Waals surface area contributed by atoms with Gasteiger partial charge >= 0.3 is 17.9 Å². The molecule has 0 saturated heterocycles. The van der Waals surface area contributed by atoms with E-state index in [1.54, 1.807) is 0 Å². The highest BCUT2D eigenvalue weighted by Crippen LogP contribution is 2.14. The van der Waals surface area contributed by atoms with Crippen LogP contribution in [0.5, 0.6) is 0 Å². The van der Waals surface area contributed by atoms with Crippen molar-refractivity contribution < 1.29 is 38.2 Å². The number of allylic oxidation sites excluding steroid dienone is 2. The van der Waals surface area contributed by atoms with Crippen LogP contribution in [-0.2, 0) is 28.6 Å². The van der Waals surface area contributed by atoms with Crippen LogP contribution >= 0.6 is 0 Å². The Morgan fingerprint density at radius 1 is 0.659 bits per heavy atom. The molecule has 0 heterocycles. The molecule has 0 spiro atoms. The minimum Gasteiger partial charge on any atom is -0.477 e. The topological polar surface area (TPSA) is 99.1 Å². The molecule has 0 aromatic carbocycles. The second kappa shape index (κ2) is 28.5. The number of rotatable bonds is 31. The molecule has 258 valence electrons. The number of unbranched alkanes of at least 4 members (excludes halogenated alkanes) is 15. The number of carboxylic acid groups (broad SMARTS) is 1. The van der Waals surface area contributed by atoms with E-state index in [-0.39, 0.29) is 36.2 Å². The summed E-state index contributed by atoms with van der Waals surface area (Å²) in [5.41, 5.74) is 0. The highest BCUT2D eigenvalue weighted by Gasteiger charge is 2.31. The molecule has 0 aliphatic heterocycles. The minimum absolute atomic E-state index is 0.0578. The fraction of sp³-hybridized carbons (Fsp3) is 0.861. The molecule has 0 fully saturated rings. The zero-order valence-electron chi connectivity index (χ0n) is 29.1. The molecule has 0 radical (unpaired) electrons. The van der Waals surface area contributed by atoms with Gasteiger partial charge in [-0.1, -0.05) is 103 Å². The molecule has 2 atom stereocenters. The summed E-state index contributed by atoms with van der Waals surface area (Å²) in [7, 11) is 5.49. The summed E-state index contributed by atoms with van der Waals surface area (Å²) in [5, 5.41) is 9.48. The van der Waals surface area contributed by atoms with Gasteiger partial charge in [0.15, 0.2) is 12.1 Å². The minimum atomic E-state index is -0.880. The number of carbonyl (C=O) groups excluding carboxylic acids is 2. The number of hydrogen-bond acceptors (Lipinski definition) is 6. The largest absolute Gasteiger partial charge is 0.477 e. The van der Waals surface area contributed by atoms with E-state index in [0.29, 0.717) is 25.7 Å². The van der Waals surface area contributed by atoms with Crippen LogP contribution in [-0.4, -0.2) is 80.6 Å². The third-order valence-corrected chi connectivity index (χ3v) is 7.88. The van der Waals surface area contributed by atoms with Gasteiger partial charge in [0.25, 0.3) is 0 Å². The predicted octanol–water partition coefficient (Wildman–Crippen LogP) is 8.41. The van der Waals surface area contributed by atoms with Crippen molar-refractivity contribution in [3.8, 4) is 0 Å². The molecule has 2 unspecified atom stereocenters. The molecule has 8 heteroatoms. The van der Waals surface area contributed by atoms with Crippen molar-refractivity contribution in [2.45, 2.75) is 161 Å². The van der Waals surface area contributed by atoms with Crippen LogP contribution in [0.4, 0.5) is 0 Å². The summed E-state index contributed by atoms with van der Waals surface area (Å²) in [6, 6.07) is -0.606. The zero-order chi connectivity index (χ0) is 32.9. The van der Waals surface area contributed by atoms with E-state index < -0.39 is 18.1 Å². The summed E-state index contributed by atoms with van der Waals surface area (Å²) in [6.07, 6.45) is 26.8. The molecule has 1 N–H and O–H groups in total. The lowest BCUT2D eigenvalue weighted by molar-refractivity contribution is -0.887. The number of hydrogen-bond donors (Lipinski definition) is 1. The molecule has 44 heavy (non-hydrogen) atoms. The second-order valence-corrected chi connectivity index (χ2v) is 13.1. The first-order valence-electron chi connectivity index (χ1n) is 17.7. The third-order valence-electron chi connectivity index (χ3n) is 7.88. The SMILES string of the molecule is CCCCCCCC/C=C\CCCCCCCCCCCC(=O)OC(COCCC(C(=O)O)[N+](C)(C)C)COC(=O)CCC. The third kappa shape index (κ3) is 26.5. The van der Waals surface area contributed by atoms with E-state index >= 15 is 0 Å². The van der Waals surface area contributed by atoms with Gasteiger partial charge in [-0.3, -0.25) is 9.59 Å². The van der Waals surface area contributed by atoms with Crippen molar-refractivity contribution in [1.82, 2.24) is 0 Å². The highest BCUT2D eigenvalue weighted by molar-refractivity contribution is 5.72. The van der Waals surface area contributed by atoms with E-state index in [4.69, 9.17) is 14.2 Å². The first kappa shape index (κ1) is 42.1. The normalized spacial score (nSPS) is 13.2. The average Bonchev–Trinajstić information content (AvgIpc) is 2.96. The number of likely N-dealkylation sites (N-methyl/N-ethyl adjacent to an activating group) is 1. The summed E-state index contributed by atoms with van der Waals surface area (Å²) >= 11 is 0. The maximum Gasteiger partial charge on any atom is 0.362 e. The Labute approximate surface area is 269 Å². The quantitative estimate of drug-likeness (QED) is 0.0357. The standard InChI is InChI=1S/C36H67NO7/c1-6-8-9-10-11-12-13-14-15-16-17-18-19-20-21-22-23-24-25-27-35(39)44-32(31-43-34(38)26-7-2)30-42-29-28-33(36(40)41)37(3,4)5/h14-15,32-33H,6-13,16-31H2,1-5H3/p+1/b15-14-. The Balaban J connectivity index is 4.02. The molecule has 0 aromatic rings. The predicted molar refractivity (Wildman–Crippen MR) is 179 cm³/mol. The lowest BCUT2D eigenvalue weighted by atomic mass is 10.1. The van der Waals surface area contributed by atoms with E-state index in [1.807, 2.05) is 28.1 Å². The van der Waals surface area contributed by atoms with Gasteiger partial charge in [-0.25, -0.2) is 4.79 Å². The Hall–Kier alpha value is -1.93. The maximum absolute atomic E-state index is 12.5. The summed E-state index contributed by atoms with van der Waals surface area (Å²) in [4.78, 5) is 35.9. The van der Waals surface area contributed by atoms with Crippen molar-refractivity contribution in [2.75, 3.05) is 41.0 Å². The first-order valence-corrected chi connectivity index (χ1v) is 17.7. The number of quaternary nitrogens is 1. The van der Waals surface area contributed by atoms with Gasteiger partial charge in [0.1, 0.15) is 6.61 Å². The molecule has 0 aliphatic rings. The van der Waals surface area contributed by atoms with E-state index in [2.05, 4.69) is 19.1 Å². The Morgan fingerprint density at radius 3 is 1.68 bits per heavy atom. The smallest absolute Gasteiger partial charge is 0.362 e. The zero-order valence-corrected chi connectivity index (χ0v) is 29.1. The second-order valence-electron chi connectivity index (χ2n) is 13.1. The summed E-state index contributed by atoms with van der Waals surface area (Å²) < 4.78 is 16.8. The molecule has 0 aromatic heterocycles. The van der Waals surface area contributed by atoms with Crippen LogP contribution in [0.2, 0.25) is 0 Å². The lowest BCUT2D eigenvalue weighted by Gasteiger charge is -2.31. The fourth-order valence-corrected chi connectivity index (χ4v) is 5.12. The molecular formula is C36H68NO7+. The van der Waals surface area contributed by atoms with Crippen molar-refractivity contribution in [2.24, 2.45) is 0 Å². The highest BCUT2D eigenvalue weighted by atomic mass is 16.6. The van der Waals surface area contributed by atoms with E-state index in [1.165, 1.54) is 89.9 Å². The molecule has 0 aliphatic carbocycles. The Kier molecular flexibility index (Phi) is 27.3. The van der Waals surface area contributed by atoms with Gasteiger partial charge in [-0.15, -0.1) is 0 Å². The van der Waals surface area contributed by atoms with E-state index in [0.717, 1.165) is 19.3 Å². The summed E-state index contributed by atoms with van der Waals surface area (Å²) in [5.74, 6) is -1.53. The number of nitrogens with zero attached hydrogens (tertiary/aromatic N) is 1. The van der Waals surface area contributed by atoms with Crippen LogP contribution in [0.25, 0.3) is 0 Å². The first-order chi connectivity index (χ1) is 21.1. The van der Waals surface area contributed by atoms with Crippen LogP contribution in [0, 0.1) is 0 Å². The maximum atomic E-state index is 12.5. The van der Waals surface area contributed by atoms with Gasteiger partial charge in [0.05, 0.1) is 34.4 Å². The molecule has 8 nitrogen and oxygen atoms in total. The van der Waals surface area contributed by atoms with Crippen LogP contribution in [0.3, 0.4) is 0 Å². The van der Waals surface area contributed by atoms with Crippen molar-refractivity contribution in [1.29, 1.82) is 0 Å². The Morgan fingerprint density at radius 2 is 1.18 bits per heavy atom. The monoisotopic (exact) mass is 626 g/mol. The number of aliphatic carboxylic acids is 1. The lowest BCUT2D eigenvalue weighted by Crippen LogP contribution is -2.50. The van der Waals surface area contributed by atoms with Crippen molar-refractivity contribution >= 4 is 17.9 Å². The van der Waals surface area contributed by atoms with Crippen LogP contribution < -0.4 is 0 Å². The number of ether oxygens (including phenoxy) is 3. The van der Waals surface area contributed by atoms with Gasteiger partial charge in [-0.05, 0) is 38.5 Å². The van der Waals surface area contributed by atoms with Crippen LogP contribution in [0.1, 0.15) is 149 Å². The number of esters is 2. The number of carbonyl (C=O) groups is 3. The fourth-order valence-electron chi connectivity index (χ4n) is 5.12. The summed E-state index contributed by atoms with van der Waals surface area (Å²) in [6.45, 7) is 4.37. The van der Waals surface area contributed by atoms with Gasteiger partial charge in [0, 0.05) is 19.3 Å². The van der Waals surface area contributed by atoms with Gasteiger partial charge in [0.2, 0.25) is 0 Å². The van der Waals surface area contributed by atoms with E-state index in [9.17, 15) is 19.5 Å².